The van der Waals surface area contributed by atoms with Gasteiger partial charge in [0.2, 0.25) is 0 Å². The maximum atomic E-state index is 11.9. The van der Waals surface area contributed by atoms with E-state index in [1.807, 2.05) is 19.1 Å². The minimum absolute atomic E-state index is 0.159. The third kappa shape index (κ3) is 3.77. The van der Waals surface area contributed by atoms with Gasteiger partial charge in [0.25, 0.3) is 0 Å². The normalized spacial score (nSPS) is 14.2. The SMILES string of the molecule is CCOC(=O)CC(C)(c1ccncc1)N(CC)CC. The Morgan fingerprint density at radius 1 is 1.26 bits per heavy atom. The number of ether oxygens (including phenoxy) is 1. The van der Waals surface area contributed by atoms with E-state index < -0.39 is 0 Å². The van der Waals surface area contributed by atoms with Crippen molar-refractivity contribution in [3.63, 3.8) is 0 Å². The Hall–Kier alpha value is -1.42. The topological polar surface area (TPSA) is 42.4 Å². The second-order valence-electron chi connectivity index (χ2n) is 4.66. The second kappa shape index (κ2) is 7.24. The fourth-order valence-electron chi connectivity index (χ4n) is 2.52. The largest absolute Gasteiger partial charge is 0.466 e. The lowest BCUT2D eigenvalue weighted by Gasteiger charge is -2.40. The summed E-state index contributed by atoms with van der Waals surface area (Å²) in [5.74, 6) is -0.159. The number of rotatable bonds is 7. The van der Waals surface area contributed by atoms with Crippen LogP contribution in [0.5, 0.6) is 0 Å². The molecule has 1 atom stereocenters. The smallest absolute Gasteiger partial charge is 0.307 e. The van der Waals surface area contributed by atoms with E-state index in [-0.39, 0.29) is 11.5 Å². The van der Waals surface area contributed by atoms with Crippen LogP contribution in [0.2, 0.25) is 0 Å². The number of hydrogen-bond donors (Lipinski definition) is 0. The minimum atomic E-state index is -0.349. The Balaban J connectivity index is 3.06. The quantitative estimate of drug-likeness (QED) is 0.710. The lowest BCUT2D eigenvalue weighted by molar-refractivity contribution is -0.146. The second-order valence-corrected chi connectivity index (χ2v) is 4.66. The monoisotopic (exact) mass is 264 g/mol. The van der Waals surface area contributed by atoms with E-state index in [1.165, 1.54) is 0 Å². The van der Waals surface area contributed by atoms with Gasteiger partial charge in [-0.1, -0.05) is 13.8 Å². The van der Waals surface area contributed by atoms with Crippen molar-refractivity contribution in [3.8, 4) is 0 Å². The van der Waals surface area contributed by atoms with Crippen LogP contribution in [-0.4, -0.2) is 35.5 Å². The predicted molar refractivity (Wildman–Crippen MR) is 75.8 cm³/mol. The molecule has 1 unspecified atom stereocenters. The highest BCUT2D eigenvalue weighted by Crippen LogP contribution is 2.31. The molecule has 0 saturated carbocycles. The number of carbonyl (C=O) groups excluding carboxylic acids is 1. The summed E-state index contributed by atoms with van der Waals surface area (Å²) >= 11 is 0. The average Bonchev–Trinajstić information content (AvgIpc) is 2.41. The Morgan fingerprint density at radius 2 is 1.84 bits per heavy atom. The molecule has 19 heavy (non-hydrogen) atoms. The maximum Gasteiger partial charge on any atom is 0.307 e. The van der Waals surface area contributed by atoms with Gasteiger partial charge >= 0.3 is 5.97 Å². The van der Waals surface area contributed by atoms with Crippen LogP contribution in [-0.2, 0) is 15.1 Å². The molecular weight excluding hydrogens is 240 g/mol. The summed E-state index contributed by atoms with van der Waals surface area (Å²) in [6.07, 6.45) is 3.89. The summed E-state index contributed by atoms with van der Waals surface area (Å²) in [4.78, 5) is 18.2. The van der Waals surface area contributed by atoms with Crippen molar-refractivity contribution in [2.75, 3.05) is 19.7 Å². The van der Waals surface area contributed by atoms with Crippen molar-refractivity contribution >= 4 is 5.97 Å². The standard InChI is InChI=1S/C15H24N2O2/c1-5-17(6-2)15(4,12-14(18)19-7-3)13-8-10-16-11-9-13/h8-11H,5-7,12H2,1-4H3. The van der Waals surface area contributed by atoms with Gasteiger partial charge in [0.1, 0.15) is 0 Å². The molecule has 0 aliphatic carbocycles. The van der Waals surface area contributed by atoms with Gasteiger partial charge in [0, 0.05) is 12.4 Å². The highest BCUT2D eigenvalue weighted by atomic mass is 16.5. The van der Waals surface area contributed by atoms with E-state index in [0.717, 1.165) is 18.7 Å². The van der Waals surface area contributed by atoms with E-state index in [1.54, 1.807) is 12.4 Å². The number of aromatic nitrogens is 1. The zero-order valence-corrected chi connectivity index (χ0v) is 12.3. The van der Waals surface area contributed by atoms with Crippen molar-refractivity contribution in [1.82, 2.24) is 9.88 Å². The maximum absolute atomic E-state index is 11.9. The van der Waals surface area contributed by atoms with E-state index >= 15 is 0 Å². The molecule has 0 spiro atoms. The fourth-order valence-corrected chi connectivity index (χ4v) is 2.52. The van der Waals surface area contributed by atoms with Gasteiger partial charge in [0.05, 0.1) is 18.6 Å². The van der Waals surface area contributed by atoms with Gasteiger partial charge in [-0.2, -0.15) is 0 Å². The molecule has 0 saturated heterocycles. The third-order valence-corrected chi connectivity index (χ3v) is 3.56. The Labute approximate surface area is 115 Å². The Bertz CT molecular complexity index is 390. The van der Waals surface area contributed by atoms with Crippen molar-refractivity contribution in [1.29, 1.82) is 0 Å². The highest BCUT2D eigenvalue weighted by molar-refractivity contribution is 5.71. The molecule has 106 valence electrons. The van der Waals surface area contributed by atoms with Crippen LogP contribution in [0.25, 0.3) is 0 Å². The van der Waals surface area contributed by atoms with Gasteiger partial charge in [-0.3, -0.25) is 14.7 Å². The molecule has 0 radical (unpaired) electrons. The molecule has 1 aromatic rings. The molecule has 0 bridgehead atoms. The number of carbonyl (C=O) groups is 1. The first kappa shape index (κ1) is 15.6. The molecule has 0 aliphatic rings. The Kier molecular flexibility index (Phi) is 5.96. The molecule has 1 heterocycles. The summed E-state index contributed by atoms with van der Waals surface area (Å²) in [6.45, 7) is 10.3. The van der Waals surface area contributed by atoms with Crippen LogP contribution in [0.1, 0.15) is 39.7 Å². The van der Waals surface area contributed by atoms with E-state index in [2.05, 4.69) is 30.7 Å². The van der Waals surface area contributed by atoms with Crippen LogP contribution < -0.4 is 0 Å². The molecule has 4 heteroatoms. The lowest BCUT2D eigenvalue weighted by atomic mass is 9.87. The molecular formula is C15H24N2O2. The van der Waals surface area contributed by atoms with Crippen molar-refractivity contribution in [3.05, 3.63) is 30.1 Å². The Morgan fingerprint density at radius 3 is 2.32 bits per heavy atom. The molecule has 1 aromatic heterocycles. The van der Waals surface area contributed by atoms with Crippen molar-refractivity contribution in [2.24, 2.45) is 0 Å². The number of nitrogens with zero attached hydrogens (tertiary/aromatic N) is 2. The summed E-state index contributed by atoms with van der Waals surface area (Å²) in [5, 5.41) is 0. The summed E-state index contributed by atoms with van der Waals surface area (Å²) in [6, 6.07) is 3.94. The van der Waals surface area contributed by atoms with Gasteiger partial charge < -0.3 is 4.74 Å². The number of hydrogen-bond acceptors (Lipinski definition) is 4. The van der Waals surface area contributed by atoms with Crippen LogP contribution >= 0.6 is 0 Å². The lowest BCUT2D eigenvalue weighted by Crippen LogP contribution is -2.45. The van der Waals surface area contributed by atoms with Gasteiger partial charge in [-0.05, 0) is 44.6 Å². The molecule has 0 aromatic carbocycles. The molecule has 1 rings (SSSR count). The first-order valence-corrected chi connectivity index (χ1v) is 6.89. The molecule has 0 N–H and O–H groups in total. The van der Waals surface area contributed by atoms with Crippen LogP contribution in [0.4, 0.5) is 0 Å². The minimum Gasteiger partial charge on any atom is -0.466 e. The van der Waals surface area contributed by atoms with Crippen LogP contribution in [0, 0.1) is 0 Å². The summed E-state index contributed by atoms with van der Waals surface area (Å²) in [5.41, 5.74) is 0.748. The number of pyridine rings is 1. The van der Waals surface area contributed by atoms with E-state index in [9.17, 15) is 4.79 Å². The molecule has 4 nitrogen and oxygen atoms in total. The van der Waals surface area contributed by atoms with E-state index in [4.69, 9.17) is 4.74 Å². The van der Waals surface area contributed by atoms with Crippen LogP contribution in [0.15, 0.2) is 24.5 Å². The van der Waals surface area contributed by atoms with Gasteiger partial charge in [0.15, 0.2) is 0 Å². The van der Waals surface area contributed by atoms with E-state index in [0.29, 0.717) is 13.0 Å². The highest BCUT2D eigenvalue weighted by Gasteiger charge is 2.35. The third-order valence-electron chi connectivity index (χ3n) is 3.56. The first-order valence-electron chi connectivity index (χ1n) is 6.89. The zero-order valence-electron chi connectivity index (χ0n) is 12.3. The first-order chi connectivity index (χ1) is 9.08. The van der Waals surface area contributed by atoms with Gasteiger partial charge in [-0.15, -0.1) is 0 Å². The number of esters is 1. The summed E-state index contributed by atoms with van der Waals surface area (Å²) in [7, 11) is 0. The average molecular weight is 264 g/mol. The summed E-state index contributed by atoms with van der Waals surface area (Å²) < 4.78 is 5.12. The molecule has 0 amide bonds. The molecule has 0 aliphatic heterocycles. The van der Waals surface area contributed by atoms with Gasteiger partial charge in [-0.25, -0.2) is 0 Å². The fraction of sp³-hybridized carbons (Fsp3) is 0.600. The van der Waals surface area contributed by atoms with Crippen LogP contribution in [0.3, 0.4) is 0 Å². The molecule has 0 fully saturated rings. The van der Waals surface area contributed by atoms with Crippen molar-refractivity contribution in [2.45, 2.75) is 39.7 Å². The zero-order chi connectivity index (χ0) is 14.3. The predicted octanol–water partition coefficient (Wildman–Crippen LogP) is 2.59. The van der Waals surface area contributed by atoms with Crippen molar-refractivity contribution < 1.29 is 9.53 Å².